The number of nitrogens with one attached hydrogen (secondary N) is 1. The van der Waals surface area contributed by atoms with Crippen molar-refractivity contribution in [2.24, 2.45) is 0 Å². The first-order valence-electron chi connectivity index (χ1n) is 8.50. The van der Waals surface area contributed by atoms with Crippen molar-refractivity contribution in [2.75, 3.05) is 18.7 Å². The number of carbonyl (C=O) groups is 2. The lowest BCUT2D eigenvalue weighted by Gasteiger charge is -2.14. The lowest BCUT2D eigenvalue weighted by molar-refractivity contribution is -0.384. The molecule has 2 aromatic rings. The maximum absolute atomic E-state index is 12.3. The predicted molar refractivity (Wildman–Crippen MR) is 111 cm³/mol. The van der Waals surface area contributed by atoms with Crippen LogP contribution in [0.3, 0.4) is 0 Å². The van der Waals surface area contributed by atoms with Gasteiger partial charge < -0.3 is 14.8 Å². The van der Waals surface area contributed by atoms with E-state index in [-0.39, 0.29) is 17.1 Å². The molecule has 29 heavy (non-hydrogen) atoms. The van der Waals surface area contributed by atoms with Crippen molar-refractivity contribution in [2.45, 2.75) is 17.9 Å². The molecule has 0 spiro atoms. The minimum Gasteiger partial charge on any atom is -0.494 e. The number of thioether (sulfide) groups is 1. The van der Waals surface area contributed by atoms with E-state index in [1.807, 2.05) is 30.5 Å². The van der Waals surface area contributed by atoms with E-state index in [1.54, 1.807) is 17.8 Å². The van der Waals surface area contributed by atoms with Crippen molar-refractivity contribution >= 4 is 41.1 Å². The molecule has 0 aliphatic carbocycles. The predicted octanol–water partition coefficient (Wildman–Crippen LogP) is 3.91. The molecule has 0 saturated carbocycles. The number of hydrogen-bond donors (Lipinski definition) is 1. The molecule has 0 radical (unpaired) electrons. The molecule has 0 saturated heterocycles. The van der Waals surface area contributed by atoms with Crippen LogP contribution in [0.4, 0.5) is 11.4 Å². The summed E-state index contributed by atoms with van der Waals surface area (Å²) in [6.07, 6.45) is 3.73. The first-order chi connectivity index (χ1) is 13.8. The van der Waals surface area contributed by atoms with Gasteiger partial charge in [-0.25, -0.2) is 4.79 Å². The van der Waals surface area contributed by atoms with Gasteiger partial charge in [0, 0.05) is 17.0 Å². The van der Waals surface area contributed by atoms with Gasteiger partial charge in [0.05, 0.1) is 23.8 Å². The van der Waals surface area contributed by atoms with Gasteiger partial charge in [0.15, 0.2) is 6.10 Å². The monoisotopic (exact) mass is 416 g/mol. The van der Waals surface area contributed by atoms with Crippen molar-refractivity contribution in [3.05, 3.63) is 64.2 Å². The van der Waals surface area contributed by atoms with E-state index in [0.717, 1.165) is 10.5 Å². The number of nitrogens with zero attached hydrogens (tertiary/aromatic N) is 1. The zero-order valence-corrected chi connectivity index (χ0v) is 16.9. The molecule has 0 fully saturated rings. The van der Waals surface area contributed by atoms with Gasteiger partial charge in [-0.15, -0.1) is 11.8 Å². The van der Waals surface area contributed by atoms with E-state index >= 15 is 0 Å². The fraction of sp³-hybridized carbons (Fsp3) is 0.200. The van der Waals surface area contributed by atoms with E-state index in [4.69, 9.17) is 9.47 Å². The molecule has 0 aliphatic rings. The summed E-state index contributed by atoms with van der Waals surface area (Å²) in [5.74, 6) is -1.14. The zero-order chi connectivity index (χ0) is 21.4. The van der Waals surface area contributed by atoms with Gasteiger partial charge in [0.25, 0.3) is 11.6 Å². The molecule has 9 heteroatoms. The van der Waals surface area contributed by atoms with Gasteiger partial charge in [-0.05, 0) is 43.0 Å². The average Bonchev–Trinajstić information content (AvgIpc) is 2.72. The number of nitro benzene ring substituents is 1. The smallest absolute Gasteiger partial charge is 0.331 e. The second-order valence-electron chi connectivity index (χ2n) is 5.82. The van der Waals surface area contributed by atoms with Crippen LogP contribution in [-0.2, 0) is 14.3 Å². The lowest BCUT2D eigenvalue weighted by Crippen LogP contribution is -2.29. The number of methoxy groups -OCH3 is 1. The second-order valence-corrected chi connectivity index (χ2v) is 6.70. The van der Waals surface area contributed by atoms with Gasteiger partial charge in [-0.3, -0.25) is 14.9 Å². The standard InChI is InChI=1S/C20H20N2O6S/c1-13(28-19(23)11-6-14-4-8-16(29-3)9-5-14)20(24)21-17-10-7-15(22(25)26)12-18(17)27-2/h4-13H,1-3H3,(H,21,24)/b11-6+/t13-/m1/s1. The first kappa shape index (κ1) is 22.0. The molecule has 8 nitrogen and oxygen atoms in total. The number of esters is 1. The minimum absolute atomic E-state index is 0.125. The summed E-state index contributed by atoms with van der Waals surface area (Å²) in [7, 11) is 1.33. The Labute approximate surface area is 172 Å². The number of benzene rings is 2. The Bertz CT molecular complexity index is 927. The maximum Gasteiger partial charge on any atom is 0.331 e. The Morgan fingerprint density at radius 3 is 2.48 bits per heavy atom. The molecule has 0 bridgehead atoms. The summed E-state index contributed by atoms with van der Waals surface area (Å²) >= 11 is 1.62. The van der Waals surface area contributed by atoms with Crippen LogP contribution in [0.15, 0.2) is 53.4 Å². The molecule has 2 aromatic carbocycles. The van der Waals surface area contributed by atoms with Crippen LogP contribution in [0.2, 0.25) is 0 Å². The summed E-state index contributed by atoms with van der Waals surface area (Å²) in [4.78, 5) is 35.6. The highest BCUT2D eigenvalue weighted by atomic mass is 32.2. The summed E-state index contributed by atoms with van der Waals surface area (Å²) in [5, 5.41) is 13.4. The molecule has 0 aliphatic heterocycles. The number of rotatable bonds is 8. The second kappa shape index (κ2) is 10.3. The van der Waals surface area contributed by atoms with E-state index in [1.165, 1.54) is 38.3 Å². The highest BCUT2D eigenvalue weighted by Gasteiger charge is 2.19. The van der Waals surface area contributed by atoms with Crippen LogP contribution in [0.5, 0.6) is 5.75 Å². The zero-order valence-electron chi connectivity index (χ0n) is 16.1. The molecule has 0 heterocycles. The Kier molecular flexibility index (Phi) is 7.79. The van der Waals surface area contributed by atoms with Crippen LogP contribution in [0.25, 0.3) is 6.08 Å². The quantitative estimate of drug-likeness (QED) is 0.228. The van der Waals surface area contributed by atoms with Crippen molar-refractivity contribution in [3.63, 3.8) is 0 Å². The van der Waals surface area contributed by atoms with Crippen LogP contribution < -0.4 is 10.1 Å². The lowest BCUT2D eigenvalue weighted by atomic mass is 10.2. The fourth-order valence-electron chi connectivity index (χ4n) is 2.28. The largest absolute Gasteiger partial charge is 0.494 e. The van der Waals surface area contributed by atoms with Crippen molar-refractivity contribution in [3.8, 4) is 5.75 Å². The van der Waals surface area contributed by atoms with Crippen LogP contribution >= 0.6 is 11.8 Å². The van der Waals surface area contributed by atoms with Gasteiger partial charge in [-0.2, -0.15) is 0 Å². The average molecular weight is 416 g/mol. The molecule has 1 N–H and O–H groups in total. The SMILES string of the molecule is COc1cc([N+](=O)[O-])ccc1NC(=O)[C@@H](C)OC(=O)/C=C/c1ccc(SC)cc1. The number of amides is 1. The van der Waals surface area contributed by atoms with Crippen LogP contribution in [-0.4, -0.2) is 36.3 Å². The van der Waals surface area contributed by atoms with Crippen molar-refractivity contribution in [1.82, 2.24) is 0 Å². The van der Waals surface area contributed by atoms with Crippen molar-refractivity contribution in [1.29, 1.82) is 0 Å². The molecule has 0 unspecified atom stereocenters. The molecular weight excluding hydrogens is 396 g/mol. The van der Waals surface area contributed by atoms with E-state index in [2.05, 4.69) is 5.32 Å². The summed E-state index contributed by atoms with van der Waals surface area (Å²) < 4.78 is 10.2. The first-order valence-corrected chi connectivity index (χ1v) is 9.72. The molecular formula is C20H20N2O6S. The van der Waals surface area contributed by atoms with Crippen LogP contribution in [0, 0.1) is 10.1 Å². The summed E-state index contributed by atoms with van der Waals surface area (Å²) in [6.45, 7) is 1.42. The van der Waals surface area contributed by atoms with Gasteiger partial charge in [0.1, 0.15) is 5.75 Å². The Morgan fingerprint density at radius 2 is 1.90 bits per heavy atom. The van der Waals surface area contributed by atoms with Crippen LogP contribution in [0.1, 0.15) is 12.5 Å². The molecule has 1 atom stereocenters. The van der Waals surface area contributed by atoms with Gasteiger partial charge in [0.2, 0.25) is 0 Å². The third-order valence-corrected chi connectivity index (χ3v) is 4.59. The normalized spacial score (nSPS) is 11.7. The summed E-state index contributed by atoms with van der Waals surface area (Å²) in [5.41, 5.74) is 0.887. The maximum atomic E-state index is 12.3. The number of anilines is 1. The Morgan fingerprint density at radius 1 is 1.21 bits per heavy atom. The topological polar surface area (TPSA) is 108 Å². The fourth-order valence-corrected chi connectivity index (χ4v) is 2.69. The molecule has 2 rings (SSSR count). The van der Waals surface area contributed by atoms with E-state index < -0.39 is 22.9 Å². The molecule has 0 aromatic heterocycles. The van der Waals surface area contributed by atoms with E-state index in [9.17, 15) is 19.7 Å². The Hall–Kier alpha value is -3.33. The number of nitro groups is 1. The van der Waals surface area contributed by atoms with E-state index in [0.29, 0.717) is 0 Å². The third-order valence-electron chi connectivity index (χ3n) is 3.84. The van der Waals surface area contributed by atoms with Gasteiger partial charge in [-0.1, -0.05) is 12.1 Å². The highest BCUT2D eigenvalue weighted by molar-refractivity contribution is 7.98. The Balaban J connectivity index is 1.96. The van der Waals surface area contributed by atoms with Gasteiger partial charge >= 0.3 is 5.97 Å². The molecule has 1 amide bonds. The number of hydrogen-bond acceptors (Lipinski definition) is 7. The number of carbonyl (C=O) groups excluding carboxylic acids is 2. The molecule has 152 valence electrons. The summed E-state index contributed by atoms with van der Waals surface area (Å²) in [6, 6.07) is 11.4. The minimum atomic E-state index is -1.08. The number of non-ortho nitro benzene ring substituents is 1. The number of ether oxygens (including phenoxy) is 2. The third kappa shape index (κ3) is 6.35. The van der Waals surface area contributed by atoms with Crippen molar-refractivity contribution < 1.29 is 24.0 Å². The highest BCUT2D eigenvalue weighted by Crippen LogP contribution is 2.29.